The summed E-state index contributed by atoms with van der Waals surface area (Å²) >= 11 is 11.6. The molecular weight excluding hydrogens is 312 g/mol. The largest absolute Gasteiger partial charge is 0.389 e. The van der Waals surface area contributed by atoms with Gasteiger partial charge in [0.2, 0.25) is 0 Å². The van der Waals surface area contributed by atoms with Crippen molar-refractivity contribution in [2.75, 3.05) is 5.88 Å². The molecule has 110 valence electrons. The molecule has 0 atom stereocenters. The Morgan fingerprint density at radius 1 is 1.25 bits per heavy atom. The maximum absolute atomic E-state index is 12.2. The van der Waals surface area contributed by atoms with E-state index in [4.69, 9.17) is 23.2 Å². The highest BCUT2D eigenvalue weighted by Gasteiger charge is 2.26. The van der Waals surface area contributed by atoms with Crippen LogP contribution in [0.4, 0.5) is 13.2 Å². The number of aryl methyl sites for hydroxylation is 2. The number of nitrogens with zero attached hydrogens (tertiary/aromatic N) is 2. The molecule has 0 aliphatic rings. The van der Waals surface area contributed by atoms with Gasteiger partial charge in [-0.3, -0.25) is 0 Å². The summed E-state index contributed by atoms with van der Waals surface area (Å²) in [6.07, 6.45) is -4.40. The fraction of sp³-hybridized carbons (Fsp3) is 0.462. The second-order valence-electron chi connectivity index (χ2n) is 4.47. The molecule has 2 rings (SSSR count). The lowest BCUT2D eigenvalue weighted by molar-refractivity contribution is -0.135. The van der Waals surface area contributed by atoms with Gasteiger partial charge >= 0.3 is 6.18 Å². The SMILES string of the molecule is FC(F)(F)CCCn1c(CCCl)nc2cc(Cl)ccc21. The van der Waals surface area contributed by atoms with Crippen molar-refractivity contribution in [3.63, 3.8) is 0 Å². The van der Waals surface area contributed by atoms with E-state index in [2.05, 4.69) is 4.98 Å². The van der Waals surface area contributed by atoms with Crippen LogP contribution >= 0.6 is 23.2 Å². The lowest BCUT2D eigenvalue weighted by Gasteiger charge is -2.10. The first kappa shape index (κ1) is 15.4. The van der Waals surface area contributed by atoms with E-state index in [-0.39, 0.29) is 13.0 Å². The molecule has 2 nitrogen and oxygen atoms in total. The van der Waals surface area contributed by atoms with Crippen molar-refractivity contribution in [2.24, 2.45) is 0 Å². The maximum Gasteiger partial charge on any atom is 0.389 e. The summed E-state index contributed by atoms with van der Waals surface area (Å²) in [4.78, 5) is 4.39. The Bertz CT molecular complexity index is 593. The summed E-state index contributed by atoms with van der Waals surface area (Å²) in [6.45, 7) is 0.268. The fourth-order valence-corrected chi connectivity index (χ4v) is 2.45. The lowest BCUT2D eigenvalue weighted by atomic mass is 10.2. The van der Waals surface area contributed by atoms with E-state index < -0.39 is 12.6 Å². The number of rotatable bonds is 5. The maximum atomic E-state index is 12.2. The first-order chi connectivity index (χ1) is 9.40. The van der Waals surface area contributed by atoms with Crippen LogP contribution in [0.2, 0.25) is 5.02 Å². The molecule has 1 aromatic carbocycles. The van der Waals surface area contributed by atoms with E-state index >= 15 is 0 Å². The Morgan fingerprint density at radius 2 is 2.00 bits per heavy atom. The third kappa shape index (κ3) is 3.79. The van der Waals surface area contributed by atoms with Crippen LogP contribution in [0, 0.1) is 0 Å². The monoisotopic (exact) mass is 324 g/mol. The zero-order valence-electron chi connectivity index (χ0n) is 10.6. The molecule has 0 aliphatic carbocycles. The van der Waals surface area contributed by atoms with Gasteiger partial charge in [0, 0.05) is 30.3 Å². The second-order valence-corrected chi connectivity index (χ2v) is 5.28. The molecule has 0 spiro atoms. The van der Waals surface area contributed by atoms with Gasteiger partial charge in [0.1, 0.15) is 5.82 Å². The predicted octanol–water partition coefficient (Wildman–Crippen LogP) is 4.81. The zero-order chi connectivity index (χ0) is 14.8. The number of hydrogen-bond acceptors (Lipinski definition) is 1. The van der Waals surface area contributed by atoms with Crippen LogP contribution < -0.4 is 0 Å². The molecule has 0 aliphatic heterocycles. The van der Waals surface area contributed by atoms with Gasteiger partial charge in [-0.15, -0.1) is 11.6 Å². The molecule has 1 heterocycles. The predicted molar refractivity (Wildman–Crippen MR) is 74.5 cm³/mol. The second kappa shape index (κ2) is 6.22. The molecule has 1 aromatic heterocycles. The van der Waals surface area contributed by atoms with E-state index in [9.17, 15) is 13.2 Å². The highest BCUT2D eigenvalue weighted by Crippen LogP contribution is 2.25. The van der Waals surface area contributed by atoms with Crippen LogP contribution in [-0.4, -0.2) is 21.6 Å². The molecule has 0 unspecified atom stereocenters. The molecule has 2 aromatic rings. The number of benzene rings is 1. The van der Waals surface area contributed by atoms with Crippen molar-refractivity contribution in [3.8, 4) is 0 Å². The molecule has 7 heteroatoms. The average Bonchev–Trinajstić information content (AvgIpc) is 2.65. The van der Waals surface area contributed by atoms with E-state index in [1.165, 1.54) is 0 Å². The van der Waals surface area contributed by atoms with Gasteiger partial charge in [-0.25, -0.2) is 4.98 Å². The Kier molecular flexibility index (Phi) is 4.81. The van der Waals surface area contributed by atoms with Gasteiger partial charge in [-0.1, -0.05) is 11.6 Å². The van der Waals surface area contributed by atoms with Crippen LogP contribution in [0.1, 0.15) is 18.7 Å². The highest BCUT2D eigenvalue weighted by molar-refractivity contribution is 6.31. The topological polar surface area (TPSA) is 17.8 Å². The van der Waals surface area contributed by atoms with Gasteiger partial charge in [0.05, 0.1) is 11.0 Å². The van der Waals surface area contributed by atoms with Crippen molar-refractivity contribution < 1.29 is 13.2 Å². The smallest absolute Gasteiger partial charge is 0.328 e. The van der Waals surface area contributed by atoms with Crippen LogP contribution in [-0.2, 0) is 13.0 Å². The number of imidazole rings is 1. The van der Waals surface area contributed by atoms with Gasteiger partial charge < -0.3 is 4.57 Å². The third-order valence-corrected chi connectivity index (χ3v) is 3.37. The van der Waals surface area contributed by atoms with Crippen LogP contribution in [0.3, 0.4) is 0 Å². The van der Waals surface area contributed by atoms with Crippen molar-refractivity contribution in [1.82, 2.24) is 9.55 Å². The summed E-state index contributed by atoms with van der Waals surface area (Å²) < 4.78 is 38.5. The minimum atomic E-state index is -4.13. The van der Waals surface area contributed by atoms with E-state index in [1.54, 1.807) is 22.8 Å². The average molecular weight is 325 g/mol. The van der Waals surface area contributed by atoms with Gasteiger partial charge in [-0.05, 0) is 24.6 Å². The molecule has 0 saturated heterocycles. The highest BCUT2D eigenvalue weighted by atomic mass is 35.5. The summed E-state index contributed by atoms with van der Waals surface area (Å²) in [5, 5.41) is 0.551. The Balaban J connectivity index is 2.26. The van der Waals surface area contributed by atoms with Crippen molar-refractivity contribution in [1.29, 1.82) is 0 Å². The summed E-state index contributed by atoms with van der Waals surface area (Å²) in [5.74, 6) is 1.07. The first-order valence-corrected chi connectivity index (χ1v) is 7.09. The fourth-order valence-electron chi connectivity index (χ4n) is 2.12. The Hall–Kier alpha value is -0.940. The number of alkyl halides is 4. The number of aromatic nitrogens is 2. The van der Waals surface area contributed by atoms with Crippen LogP contribution in [0.25, 0.3) is 11.0 Å². The summed E-state index contributed by atoms with van der Waals surface area (Å²) in [5.41, 5.74) is 1.47. The third-order valence-electron chi connectivity index (χ3n) is 2.95. The number of hydrogen-bond donors (Lipinski definition) is 0. The Morgan fingerprint density at radius 3 is 2.65 bits per heavy atom. The molecule has 0 saturated carbocycles. The number of halogens is 5. The molecule has 0 radical (unpaired) electrons. The molecule has 20 heavy (non-hydrogen) atoms. The van der Waals surface area contributed by atoms with Crippen LogP contribution in [0.15, 0.2) is 18.2 Å². The minimum Gasteiger partial charge on any atom is -0.328 e. The molecule has 0 amide bonds. The molecule has 0 fully saturated rings. The summed E-state index contributed by atoms with van der Waals surface area (Å²) in [7, 11) is 0. The van der Waals surface area contributed by atoms with Crippen molar-refractivity contribution in [2.45, 2.75) is 32.0 Å². The Labute approximate surface area is 124 Å². The van der Waals surface area contributed by atoms with Crippen LogP contribution in [0.5, 0.6) is 0 Å². The quantitative estimate of drug-likeness (QED) is 0.721. The van der Waals surface area contributed by atoms with E-state index in [0.717, 1.165) is 5.52 Å². The van der Waals surface area contributed by atoms with Gasteiger partial charge in [0.15, 0.2) is 0 Å². The van der Waals surface area contributed by atoms with E-state index in [1.807, 2.05) is 0 Å². The molecule has 0 bridgehead atoms. The van der Waals surface area contributed by atoms with Crippen molar-refractivity contribution in [3.05, 3.63) is 29.0 Å². The van der Waals surface area contributed by atoms with Gasteiger partial charge in [-0.2, -0.15) is 13.2 Å². The first-order valence-electron chi connectivity index (χ1n) is 6.18. The zero-order valence-corrected chi connectivity index (χ0v) is 12.1. The normalized spacial score (nSPS) is 12.2. The standard InChI is InChI=1S/C13H13Cl2F3N2/c14-6-4-12-19-10-8-9(15)2-3-11(10)20(12)7-1-5-13(16,17)18/h2-3,8H,1,4-7H2. The lowest BCUT2D eigenvalue weighted by Crippen LogP contribution is -2.11. The molecule has 0 N–H and O–H groups in total. The minimum absolute atomic E-state index is 0.0207. The van der Waals surface area contributed by atoms with Gasteiger partial charge in [0.25, 0.3) is 0 Å². The van der Waals surface area contributed by atoms with E-state index in [0.29, 0.717) is 28.7 Å². The molecular formula is C13H13Cl2F3N2. The summed E-state index contributed by atoms with van der Waals surface area (Å²) in [6, 6.07) is 5.18. The van der Waals surface area contributed by atoms with Crippen molar-refractivity contribution >= 4 is 34.2 Å². The number of fused-ring (bicyclic) bond motifs is 1.